The second-order valence-electron chi connectivity index (χ2n) is 5.60. The predicted molar refractivity (Wildman–Crippen MR) is 72.8 cm³/mol. The lowest BCUT2D eigenvalue weighted by molar-refractivity contribution is 0.0652. The summed E-state index contributed by atoms with van der Waals surface area (Å²) in [5, 5.41) is 0. The van der Waals surface area contributed by atoms with E-state index in [2.05, 4.69) is 12.1 Å². The van der Waals surface area contributed by atoms with Crippen LogP contribution in [0.15, 0.2) is 24.3 Å². The average molecular weight is 243 g/mol. The highest BCUT2D eigenvalue weighted by Crippen LogP contribution is 2.32. The van der Waals surface area contributed by atoms with Crippen molar-refractivity contribution < 1.29 is 4.79 Å². The number of benzene rings is 1. The molecule has 1 aromatic rings. The van der Waals surface area contributed by atoms with E-state index in [0.29, 0.717) is 0 Å². The molecule has 0 unspecified atom stereocenters. The van der Waals surface area contributed by atoms with Crippen molar-refractivity contribution in [2.75, 3.05) is 13.1 Å². The molecule has 18 heavy (non-hydrogen) atoms. The van der Waals surface area contributed by atoms with Crippen molar-refractivity contribution in [1.29, 1.82) is 0 Å². The van der Waals surface area contributed by atoms with Crippen LogP contribution in [0.5, 0.6) is 0 Å². The van der Waals surface area contributed by atoms with Crippen LogP contribution in [0.25, 0.3) is 0 Å². The predicted octanol–water partition coefficient (Wildman–Crippen LogP) is 3.58. The molecule has 1 saturated carbocycles. The minimum Gasteiger partial charge on any atom is -0.339 e. The van der Waals surface area contributed by atoms with Crippen molar-refractivity contribution in [3.05, 3.63) is 35.4 Å². The molecule has 2 nitrogen and oxygen atoms in total. The smallest absolute Gasteiger partial charge is 0.253 e. The van der Waals surface area contributed by atoms with Crippen LogP contribution in [-0.4, -0.2) is 23.9 Å². The lowest BCUT2D eigenvalue weighted by atomic mass is 9.84. The van der Waals surface area contributed by atoms with E-state index in [-0.39, 0.29) is 5.91 Å². The van der Waals surface area contributed by atoms with Crippen molar-refractivity contribution in [2.24, 2.45) is 0 Å². The largest absolute Gasteiger partial charge is 0.339 e. The van der Waals surface area contributed by atoms with Gasteiger partial charge in [0.2, 0.25) is 0 Å². The molecule has 2 fully saturated rings. The first-order valence-electron chi connectivity index (χ1n) is 7.24. The molecule has 96 valence electrons. The Balaban J connectivity index is 1.69. The van der Waals surface area contributed by atoms with E-state index >= 15 is 0 Å². The van der Waals surface area contributed by atoms with E-state index in [4.69, 9.17) is 0 Å². The van der Waals surface area contributed by atoms with Crippen LogP contribution in [0.4, 0.5) is 0 Å². The van der Waals surface area contributed by atoms with Gasteiger partial charge in [-0.25, -0.2) is 0 Å². The van der Waals surface area contributed by atoms with E-state index in [1.165, 1.54) is 37.7 Å². The van der Waals surface area contributed by atoms with Gasteiger partial charge in [-0.1, -0.05) is 31.4 Å². The van der Waals surface area contributed by atoms with Crippen molar-refractivity contribution in [3.63, 3.8) is 0 Å². The second kappa shape index (κ2) is 5.13. The summed E-state index contributed by atoms with van der Waals surface area (Å²) in [6.07, 6.45) is 7.91. The molecular weight excluding hydrogens is 222 g/mol. The minimum absolute atomic E-state index is 0.205. The Morgan fingerprint density at radius 2 is 1.61 bits per heavy atom. The molecular formula is C16H21NO. The summed E-state index contributed by atoms with van der Waals surface area (Å²) in [5.74, 6) is 0.934. The van der Waals surface area contributed by atoms with Gasteiger partial charge >= 0.3 is 0 Å². The van der Waals surface area contributed by atoms with Gasteiger partial charge in [0.1, 0.15) is 0 Å². The first-order valence-corrected chi connectivity index (χ1v) is 7.24. The third kappa shape index (κ3) is 2.29. The summed E-state index contributed by atoms with van der Waals surface area (Å²) in [6.45, 7) is 1.87. The summed E-state index contributed by atoms with van der Waals surface area (Å²) in [7, 11) is 0. The fourth-order valence-electron chi connectivity index (χ4n) is 3.04. The maximum Gasteiger partial charge on any atom is 0.253 e. The normalized spacial score (nSPS) is 20.6. The molecule has 0 N–H and O–H groups in total. The molecule has 0 spiro atoms. The van der Waals surface area contributed by atoms with Crippen LogP contribution >= 0.6 is 0 Å². The number of likely N-dealkylation sites (tertiary alicyclic amines) is 1. The number of rotatable bonds is 2. The SMILES string of the molecule is O=C(c1ccc(C2CCCCC2)cc1)N1CCC1. The highest BCUT2D eigenvalue weighted by molar-refractivity contribution is 5.94. The maximum absolute atomic E-state index is 12.0. The van der Waals surface area contributed by atoms with E-state index in [1.807, 2.05) is 17.0 Å². The molecule has 0 radical (unpaired) electrons. The molecule has 1 aliphatic carbocycles. The first-order chi connectivity index (χ1) is 8.84. The zero-order valence-electron chi connectivity index (χ0n) is 10.9. The highest BCUT2D eigenvalue weighted by atomic mass is 16.2. The zero-order chi connectivity index (χ0) is 12.4. The van der Waals surface area contributed by atoms with Gasteiger partial charge in [-0.2, -0.15) is 0 Å². The van der Waals surface area contributed by atoms with Gasteiger partial charge in [0.25, 0.3) is 5.91 Å². The van der Waals surface area contributed by atoms with Crippen molar-refractivity contribution in [1.82, 2.24) is 4.90 Å². The average Bonchev–Trinajstić information content (AvgIpc) is 2.38. The van der Waals surface area contributed by atoms with Crippen molar-refractivity contribution in [2.45, 2.75) is 44.4 Å². The van der Waals surface area contributed by atoms with Gasteiger partial charge in [-0.3, -0.25) is 4.79 Å². The molecule has 2 aliphatic rings. The fourth-order valence-corrected chi connectivity index (χ4v) is 3.04. The van der Waals surface area contributed by atoms with Crippen LogP contribution in [0.3, 0.4) is 0 Å². The van der Waals surface area contributed by atoms with Gasteiger partial charge in [0.05, 0.1) is 0 Å². The van der Waals surface area contributed by atoms with Crippen molar-refractivity contribution >= 4 is 5.91 Å². The monoisotopic (exact) mass is 243 g/mol. The van der Waals surface area contributed by atoms with Gasteiger partial charge in [0, 0.05) is 18.7 Å². The van der Waals surface area contributed by atoms with Crippen molar-refractivity contribution in [3.8, 4) is 0 Å². The molecule has 1 aliphatic heterocycles. The molecule has 0 atom stereocenters. The topological polar surface area (TPSA) is 20.3 Å². The van der Waals surface area contributed by atoms with Crippen LogP contribution in [0.2, 0.25) is 0 Å². The number of amides is 1. The van der Waals surface area contributed by atoms with Crippen LogP contribution in [-0.2, 0) is 0 Å². The Labute approximate surface area is 109 Å². The standard InChI is InChI=1S/C16H21NO/c18-16(17-11-4-12-17)15-9-7-14(8-10-15)13-5-2-1-3-6-13/h7-10,13H,1-6,11-12H2. The lowest BCUT2D eigenvalue weighted by Crippen LogP contribution is -2.41. The van der Waals surface area contributed by atoms with Gasteiger partial charge < -0.3 is 4.90 Å². The minimum atomic E-state index is 0.205. The summed E-state index contributed by atoms with van der Waals surface area (Å²) in [5.41, 5.74) is 2.28. The number of hydrogen-bond acceptors (Lipinski definition) is 1. The maximum atomic E-state index is 12.0. The molecule has 1 heterocycles. The summed E-state index contributed by atoms with van der Waals surface area (Å²) >= 11 is 0. The molecule has 0 aromatic heterocycles. The quantitative estimate of drug-likeness (QED) is 0.777. The Morgan fingerprint density at radius 1 is 0.944 bits per heavy atom. The van der Waals surface area contributed by atoms with E-state index in [0.717, 1.165) is 31.0 Å². The molecule has 3 rings (SSSR count). The van der Waals surface area contributed by atoms with Crippen LogP contribution < -0.4 is 0 Å². The van der Waals surface area contributed by atoms with Gasteiger partial charge in [0.15, 0.2) is 0 Å². The number of carbonyl (C=O) groups is 1. The van der Waals surface area contributed by atoms with Gasteiger partial charge in [-0.15, -0.1) is 0 Å². The Bertz CT molecular complexity index is 413. The third-order valence-electron chi connectivity index (χ3n) is 4.38. The van der Waals surface area contributed by atoms with E-state index < -0.39 is 0 Å². The second-order valence-corrected chi connectivity index (χ2v) is 5.60. The number of nitrogens with zero attached hydrogens (tertiary/aromatic N) is 1. The van der Waals surface area contributed by atoms with Crippen LogP contribution in [0, 0.1) is 0 Å². The fraction of sp³-hybridized carbons (Fsp3) is 0.562. The molecule has 1 saturated heterocycles. The molecule has 0 bridgehead atoms. The Kier molecular flexibility index (Phi) is 3.35. The van der Waals surface area contributed by atoms with Gasteiger partial charge in [-0.05, 0) is 42.9 Å². The van der Waals surface area contributed by atoms with E-state index in [1.54, 1.807) is 0 Å². The summed E-state index contributed by atoms with van der Waals surface area (Å²) in [4.78, 5) is 14.0. The Hall–Kier alpha value is -1.31. The first kappa shape index (κ1) is 11.8. The van der Waals surface area contributed by atoms with Crippen LogP contribution in [0.1, 0.15) is 60.4 Å². The summed E-state index contributed by atoms with van der Waals surface area (Å²) < 4.78 is 0. The molecule has 2 heteroatoms. The molecule has 1 aromatic carbocycles. The molecule has 1 amide bonds. The third-order valence-corrected chi connectivity index (χ3v) is 4.38. The number of carbonyl (C=O) groups excluding carboxylic acids is 1. The zero-order valence-corrected chi connectivity index (χ0v) is 10.9. The Morgan fingerprint density at radius 3 is 2.17 bits per heavy atom. The van der Waals surface area contributed by atoms with E-state index in [9.17, 15) is 4.79 Å². The highest BCUT2D eigenvalue weighted by Gasteiger charge is 2.22. The lowest BCUT2D eigenvalue weighted by Gasteiger charge is -2.31. The summed E-state index contributed by atoms with van der Waals surface area (Å²) in [6, 6.07) is 8.38. The number of hydrogen-bond donors (Lipinski definition) is 0.